The Kier molecular flexibility index (Phi) is 4.09. The van der Waals surface area contributed by atoms with Crippen LogP contribution in [0.15, 0.2) is 0 Å². The molecule has 0 aromatic carbocycles. The number of carboxylic acid groups (broad SMARTS) is 1. The number of amides is 3. The molecule has 3 N–H and O–H groups in total. The number of nitrogens with one attached hydrogen (secondary N) is 2. The number of aliphatic carboxylic acids is 1. The maximum absolute atomic E-state index is 11.5. The van der Waals surface area contributed by atoms with Gasteiger partial charge in [-0.3, -0.25) is 14.9 Å². The van der Waals surface area contributed by atoms with Gasteiger partial charge in [0.2, 0.25) is 5.91 Å². The maximum atomic E-state index is 11.5. The van der Waals surface area contributed by atoms with Crippen LogP contribution >= 0.6 is 0 Å². The van der Waals surface area contributed by atoms with Gasteiger partial charge in [0, 0.05) is 12.5 Å². The van der Waals surface area contributed by atoms with E-state index in [1.165, 1.54) is 0 Å². The lowest BCUT2D eigenvalue weighted by Gasteiger charge is -2.21. The summed E-state index contributed by atoms with van der Waals surface area (Å²) in [5.41, 5.74) is -0.657. The Morgan fingerprint density at radius 2 is 1.82 bits per heavy atom. The van der Waals surface area contributed by atoms with Crippen LogP contribution in [0.2, 0.25) is 0 Å². The number of rotatable bonds is 5. The summed E-state index contributed by atoms with van der Waals surface area (Å²) in [4.78, 5) is 33.3. The second-order valence-corrected chi connectivity index (χ2v) is 5.21. The molecule has 1 saturated carbocycles. The molecule has 0 spiro atoms. The highest BCUT2D eigenvalue weighted by Gasteiger charge is 2.27. The van der Waals surface area contributed by atoms with Crippen molar-refractivity contribution in [3.8, 4) is 0 Å². The molecule has 17 heavy (non-hydrogen) atoms. The third kappa shape index (κ3) is 5.89. The molecule has 0 atom stereocenters. The van der Waals surface area contributed by atoms with Crippen LogP contribution in [0.5, 0.6) is 0 Å². The van der Waals surface area contributed by atoms with Crippen molar-refractivity contribution in [2.24, 2.45) is 5.41 Å². The van der Waals surface area contributed by atoms with Gasteiger partial charge in [-0.05, 0) is 18.3 Å². The fourth-order valence-corrected chi connectivity index (χ4v) is 1.53. The molecule has 0 radical (unpaired) electrons. The SMILES string of the molecule is CC(C)(CC(=O)O)CC(=O)NC(=O)NC1CC1. The fraction of sp³-hybridized carbons (Fsp3) is 0.727. The summed E-state index contributed by atoms with van der Waals surface area (Å²) in [6, 6.07) is -0.307. The van der Waals surface area contributed by atoms with E-state index in [2.05, 4.69) is 10.6 Å². The van der Waals surface area contributed by atoms with Crippen LogP contribution in [-0.4, -0.2) is 29.1 Å². The van der Waals surface area contributed by atoms with Crippen molar-refractivity contribution in [1.82, 2.24) is 10.6 Å². The smallest absolute Gasteiger partial charge is 0.321 e. The molecule has 0 aromatic rings. The predicted octanol–water partition coefficient (Wildman–Crippen LogP) is 0.866. The van der Waals surface area contributed by atoms with Crippen LogP contribution < -0.4 is 10.6 Å². The van der Waals surface area contributed by atoms with Crippen LogP contribution in [0.1, 0.15) is 39.5 Å². The van der Waals surface area contributed by atoms with Crippen molar-refractivity contribution in [2.45, 2.75) is 45.6 Å². The Labute approximate surface area is 99.8 Å². The average Bonchev–Trinajstić information content (AvgIpc) is 2.82. The topological polar surface area (TPSA) is 95.5 Å². The zero-order valence-corrected chi connectivity index (χ0v) is 10.1. The van der Waals surface area contributed by atoms with Crippen LogP contribution in [0, 0.1) is 5.41 Å². The number of carbonyl (C=O) groups excluding carboxylic acids is 2. The fourth-order valence-electron chi connectivity index (χ4n) is 1.53. The predicted molar refractivity (Wildman–Crippen MR) is 60.3 cm³/mol. The highest BCUT2D eigenvalue weighted by Crippen LogP contribution is 2.24. The van der Waals surface area contributed by atoms with Crippen LogP contribution in [0.25, 0.3) is 0 Å². The van der Waals surface area contributed by atoms with Gasteiger partial charge < -0.3 is 10.4 Å². The van der Waals surface area contributed by atoms with Gasteiger partial charge in [-0.15, -0.1) is 0 Å². The normalized spacial score (nSPS) is 15.2. The first-order chi connectivity index (χ1) is 7.78. The lowest BCUT2D eigenvalue weighted by Crippen LogP contribution is -2.42. The summed E-state index contributed by atoms with van der Waals surface area (Å²) < 4.78 is 0. The zero-order chi connectivity index (χ0) is 13.1. The highest BCUT2D eigenvalue weighted by molar-refractivity contribution is 5.94. The summed E-state index contributed by atoms with van der Waals surface area (Å²) >= 11 is 0. The van der Waals surface area contributed by atoms with Gasteiger partial charge in [0.15, 0.2) is 0 Å². The lowest BCUT2D eigenvalue weighted by atomic mass is 9.85. The van der Waals surface area contributed by atoms with Gasteiger partial charge in [-0.25, -0.2) is 4.79 Å². The number of imide groups is 1. The molecule has 0 unspecified atom stereocenters. The second kappa shape index (κ2) is 5.16. The first-order valence-corrected chi connectivity index (χ1v) is 5.61. The zero-order valence-electron chi connectivity index (χ0n) is 10.1. The molecule has 6 heteroatoms. The van der Waals surface area contributed by atoms with E-state index in [1.54, 1.807) is 13.8 Å². The van der Waals surface area contributed by atoms with Crippen molar-refractivity contribution in [2.75, 3.05) is 0 Å². The molecule has 0 bridgehead atoms. The van der Waals surface area contributed by atoms with Gasteiger partial charge in [-0.1, -0.05) is 13.8 Å². The molecule has 0 saturated heterocycles. The monoisotopic (exact) mass is 242 g/mol. The molecular formula is C11H18N2O4. The molecule has 0 aliphatic heterocycles. The standard InChI is InChI=1S/C11H18N2O4/c1-11(2,6-9(15)16)5-8(14)13-10(17)12-7-3-4-7/h7H,3-6H2,1-2H3,(H,15,16)(H2,12,13,14,17). The van der Waals surface area contributed by atoms with E-state index in [0.717, 1.165) is 12.8 Å². The van der Waals surface area contributed by atoms with Crippen LogP contribution in [-0.2, 0) is 9.59 Å². The van der Waals surface area contributed by atoms with Gasteiger partial charge in [0.25, 0.3) is 0 Å². The average molecular weight is 242 g/mol. The second-order valence-electron chi connectivity index (χ2n) is 5.21. The van der Waals surface area contributed by atoms with Crippen LogP contribution in [0.4, 0.5) is 4.79 Å². The van der Waals surface area contributed by atoms with Gasteiger partial charge >= 0.3 is 12.0 Å². The van der Waals surface area contributed by atoms with E-state index in [4.69, 9.17) is 5.11 Å². The van der Waals surface area contributed by atoms with Gasteiger partial charge in [0.1, 0.15) is 0 Å². The van der Waals surface area contributed by atoms with Crippen molar-refractivity contribution in [3.63, 3.8) is 0 Å². The van der Waals surface area contributed by atoms with Gasteiger partial charge in [-0.2, -0.15) is 0 Å². The third-order valence-electron chi connectivity index (χ3n) is 2.43. The van der Waals surface area contributed by atoms with E-state index >= 15 is 0 Å². The summed E-state index contributed by atoms with van der Waals surface area (Å²) in [6.45, 7) is 3.36. The van der Waals surface area contributed by atoms with E-state index in [9.17, 15) is 14.4 Å². The molecule has 1 rings (SSSR count). The number of urea groups is 1. The molecular weight excluding hydrogens is 224 g/mol. The van der Waals surface area contributed by atoms with E-state index in [-0.39, 0.29) is 18.9 Å². The maximum Gasteiger partial charge on any atom is 0.321 e. The Morgan fingerprint density at radius 3 is 2.29 bits per heavy atom. The summed E-state index contributed by atoms with van der Waals surface area (Å²) in [5, 5.41) is 13.5. The Morgan fingerprint density at radius 1 is 1.24 bits per heavy atom. The van der Waals surface area contributed by atoms with Gasteiger partial charge in [0.05, 0.1) is 6.42 Å². The number of hydrogen-bond acceptors (Lipinski definition) is 3. The minimum atomic E-state index is -0.953. The minimum absolute atomic E-state index is 0.0113. The molecule has 1 aliphatic rings. The quantitative estimate of drug-likeness (QED) is 0.666. The van der Waals surface area contributed by atoms with Crippen molar-refractivity contribution in [1.29, 1.82) is 0 Å². The molecule has 1 aliphatic carbocycles. The Bertz CT molecular complexity index is 334. The third-order valence-corrected chi connectivity index (χ3v) is 2.43. The van der Waals surface area contributed by atoms with Crippen molar-refractivity contribution < 1.29 is 19.5 Å². The van der Waals surface area contributed by atoms with E-state index in [0.29, 0.717) is 0 Å². The molecule has 1 fully saturated rings. The highest BCUT2D eigenvalue weighted by atomic mass is 16.4. The number of carboxylic acids is 1. The summed E-state index contributed by atoms with van der Waals surface area (Å²) in [5.74, 6) is -1.40. The summed E-state index contributed by atoms with van der Waals surface area (Å²) in [6.07, 6.45) is 1.81. The minimum Gasteiger partial charge on any atom is -0.481 e. The Balaban J connectivity index is 2.31. The first-order valence-electron chi connectivity index (χ1n) is 5.61. The molecule has 3 amide bonds. The molecule has 96 valence electrons. The lowest BCUT2D eigenvalue weighted by molar-refractivity contribution is -0.139. The first kappa shape index (κ1) is 13.5. The van der Waals surface area contributed by atoms with Crippen molar-refractivity contribution >= 4 is 17.9 Å². The largest absolute Gasteiger partial charge is 0.481 e. The van der Waals surface area contributed by atoms with E-state index in [1.807, 2.05) is 0 Å². The summed E-state index contributed by atoms with van der Waals surface area (Å²) in [7, 11) is 0. The number of carbonyl (C=O) groups is 3. The Hall–Kier alpha value is -1.59. The van der Waals surface area contributed by atoms with Crippen LogP contribution in [0.3, 0.4) is 0 Å². The molecule has 0 aromatic heterocycles. The van der Waals surface area contributed by atoms with E-state index < -0.39 is 23.3 Å². The van der Waals surface area contributed by atoms with Crippen molar-refractivity contribution in [3.05, 3.63) is 0 Å². The molecule has 0 heterocycles. The number of hydrogen-bond donors (Lipinski definition) is 3. The molecule has 6 nitrogen and oxygen atoms in total.